The Balaban J connectivity index is 1.37. The summed E-state index contributed by atoms with van der Waals surface area (Å²) in [6.07, 6.45) is 3.20. The van der Waals surface area contributed by atoms with E-state index in [1.807, 2.05) is 48.2 Å². The van der Waals surface area contributed by atoms with Gasteiger partial charge in [-0.2, -0.15) is 0 Å². The summed E-state index contributed by atoms with van der Waals surface area (Å²) in [5.74, 6) is -0.00201. The average molecular weight is 418 g/mol. The SMILES string of the molecule is CC12CCC(=O)N1c1ccccc1C(=O)N2CCC(=O)N1CCCC1c1ccccc1. The highest BCUT2D eigenvalue weighted by Gasteiger charge is 2.52. The second kappa shape index (κ2) is 7.52. The Kier molecular flexibility index (Phi) is 4.80. The number of benzene rings is 2. The number of nitrogens with zero attached hydrogens (tertiary/aromatic N) is 3. The standard InChI is InChI=1S/C25H27N3O3/c1-25-15-13-23(30)28(25)21-11-6-5-10-19(21)24(31)27(25)17-14-22(29)26-16-7-12-20(26)18-8-3-2-4-9-18/h2-6,8-11,20H,7,12-17H2,1H3. The topological polar surface area (TPSA) is 60.9 Å². The van der Waals surface area contributed by atoms with E-state index >= 15 is 0 Å². The number of rotatable bonds is 4. The lowest BCUT2D eigenvalue weighted by molar-refractivity contribution is -0.132. The van der Waals surface area contributed by atoms with Gasteiger partial charge in [-0.05, 0) is 43.9 Å². The van der Waals surface area contributed by atoms with Crippen LogP contribution in [0.4, 0.5) is 5.69 Å². The van der Waals surface area contributed by atoms with Gasteiger partial charge < -0.3 is 9.80 Å². The first kappa shape index (κ1) is 19.8. The Bertz CT molecular complexity index is 1040. The van der Waals surface area contributed by atoms with Gasteiger partial charge in [0.05, 0.1) is 17.3 Å². The summed E-state index contributed by atoms with van der Waals surface area (Å²) in [7, 11) is 0. The minimum atomic E-state index is -0.716. The quantitative estimate of drug-likeness (QED) is 0.761. The maximum Gasteiger partial charge on any atom is 0.257 e. The molecule has 0 spiro atoms. The first-order chi connectivity index (χ1) is 15.0. The molecule has 6 heteroatoms. The highest BCUT2D eigenvalue weighted by Crippen LogP contribution is 2.44. The third kappa shape index (κ3) is 3.12. The number of fused-ring (bicyclic) bond motifs is 3. The lowest BCUT2D eigenvalue weighted by atomic mass is 9.98. The van der Waals surface area contributed by atoms with E-state index in [2.05, 4.69) is 12.1 Å². The van der Waals surface area contributed by atoms with Crippen molar-refractivity contribution in [1.82, 2.24) is 9.80 Å². The molecule has 0 radical (unpaired) electrons. The van der Waals surface area contributed by atoms with Crippen molar-refractivity contribution in [1.29, 1.82) is 0 Å². The van der Waals surface area contributed by atoms with Crippen LogP contribution in [0, 0.1) is 0 Å². The van der Waals surface area contributed by atoms with Gasteiger partial charge in [-0.3, -0.25) is 19.3 Å². The second-order valence-electron chi connectivity index (χ2n) is 8.83. The fraction of sp³-hybridized carbons (Fsp3) is 0.400. The molecule has 2 aromatic rings. The third-order valence-electron chi connectivity index (χ3n) is 7.05. The van der Waals surface area contributed by atoms with Gasteiger partial charge in [-0.1, -0.05) is 42.5 Å². The van der Waals surface area contributed by atoms with Crippen molar-refractivity contribution in [3.05, 3.63) is 65.7 Å². The number of hydrogen-bond donors (Lipinski definition) is 0. The summed E-state index contributed by atoms with van der Waals surface area (Å²) in [6, 6.07) is 17.5. The molecule has 3 aliphatic rings. The van der Waals surface area contributed by atoms with Gasteiger partial charge in [0.25, 0.3) is 5.91 Å². The summed E-state index contributed by atoms with van der Waals surface area (Å²) in [4.78, 5) is 44.7. The molecule has 3 amide bonds. The van der Waals surface area contributed by atoms with Gasteiger partial charge in [-0.15, -0.1) is 0 Å². The maximum absolute atomic E-state index is 13.4. The van der Waals surface area contributed by atoms with E-state index in [0.29, 0.717) is 30.6 Å². The lowest BCUT2D eigenvalue weighted by Gasteiger charge is -2.48. The van der Waals surface area contributed by atoms with Crippen LogP contribution in [0.1, 0.15) is 61.0 Å². The molecule has 3 heterocycles. The van der Waals surface area contributed by atoms with Crippen molar-refractivity contribution in [2.24, 2.45) is 0 Å². The average Bonchev–Trinajstić information content (AvgIpc) is 3.39. The van der Waals surface area contributed by atoms with Gasteiger partial charge in [-0.25, -0.2) is 0 Å². The Hall–Kier alpha value is -3.15. The maximum atomic E-state index is 13.4. The van der Waals surface area contributed by atoms with E-state index in [1.54, 1.807) is 15.9 Å². The molecule has 0 aliphatic carbocycles. The highest BCUT2D eigenvalue weighted by atomic mass is 16.2. The molecule has 2 saturated heterocycles. The van der Waals surface area contributed by atoms with Crippen LogP contribution in [-0.2, 0) is 9.59 Å². The molecule has 31 heavy (non-hydrogen) atoms. The summed E-state index contributed by atoms with van der Waals surface area (Å²) in [6.45, 7) is 3.00. The Morgan fingerprint density at radius 1 is 1.06 bits per heavy atom. The van der Waals surface area contributed by atoms with E-state index < -0.39 is 5.66 Å². The van der Waals surface area contributed by atoms with Crippen LogP contribution in [0.2, 0.25) is 0 Å². The van der Waals surface area contributed by atoms with Crippen LogP contribution in [-0.4, -0.2) is 46.3 Å². The molecule has 2 fully saturated rings. The van der Waals surface area contributed by atoms with E-state index in [9.17, 15) is 14.4 Å². The van der Waals surface area contributed by atoms with E-state index in [4.69, 9.17) is 0 Å². The van der Waals surface area contributed by atoms with Crippen LogP contribution >= 0.6 is 0 Å². The van der Waals surface area contributed by atoms with Gasteiger partial charge in [0.15, 0.2) is 0 Å². The predicted molar refractivity (Wildman–Crippen MR) is 117 cm³/mol. The van der Waals surface area contributed by atoms with Gasteiger partial charge in [0, 0.05) is 25.9 Å². The van der Waals surface area contributed by atoms with E-state index in [0.717, 1.165) is 24.9 Å². The molecule has 3 aliphatic heterocycles. The fourth-order valence-electron chi connectivity index (χ4n) is 5.48. The molecule has 2 unspecified atom stereocenters. The van der Waals surface area contributed by atoms with Crippen molar-refractivity contribution < 1.29 is 14.4 Å². The zero-order chi connectivity index (χ0) is 21.6. The number of hydrogen-bond acceptors (Lipinski definition) is 3. The minimum Gasteiger partial charge on any atom is -0.336 e. The number of para-hydroxylation sites is 1. The van der Waals surface area contributed by atoms with Crippen molar-refractivity contribution in [3.63, 3.8) is 0 Å². The Labute approximate surface area is 182 Å². The fourth-order valence-corrected chi connectivity index (χ4v) is 5.48. The van der Waals surface area contributed by atoms with Crippen LogP contribution in [0.3, 0.4) is 0 Å². The molecule has 0 saturated carbocycles. The monoisotopic (exact) mass is 417 g/mol. The Morgan fingerprint density at radius 3 is 2.61 bits per heavy atom. The van der Waals surface area contributed by atoms with Crippen LogP contribution in [0.15, 0.2) is 54.6 Å². The van der Waals surface area contributed by atoms with Gasteiger partial charge >= 0.3 is 0 Å². The number of amides is 3. The van der Waals surface area contributed by atoms with E-state index in [1.165, 1.54) is 0 Å². The summed E-state index contributed by atoms with van der Waals surface area (Å²) < 4.78 is 0. The largest absolute Gasteiger partial charge is 0.336 e. The number of carbonyl (C=O) groups excluding carboxylic acids is 3. The van der Waals surface area contributed by atoms with Crippen molar-refractivity contribution in [2.75, 3.05) is 18.0 Å². The van der Waals surface area contributed by atoms with Crippen molar-refractivity contribution in [2.45, 2.75) is 50.7 Å². The smallest absolute Gasteiger partial charge is 0.257 e. The number of carbonyl (C=O) groups is 3. The molecule has 0 bridgehead atoms. The lowest BCUT2D eigenvalue weighted by Crippen LogP contribution is -2.62. The first-order valence-corrected chi connectivity index (χ1v) is 11.1. The zero-order valence-corrected chi connectivity index (χ0v) is 17.8. The highest BCUT2D eigenvalue weighted by molar-refractivity contribution is 6.10. The molecular formula is C25H27N3O3. The minimum absolute atomic E-state index is 0.0301. The molecule has 0 aromatic heterocycles. The molecule has 160 valence electrons. The van der Waals surface area contributed by atoms with Gasteiger partial charge in [0.1, 0.15) is 5.66 Å². The molecule has 6 nitrogen and oxygen atoms in total. The van der Waals surface area contributed by atoms with Crippen molar-refractivity contribution >= 4 is 23.4 Å². The predicted octanol–water partition coefficient (Wildman–Crippen LogP) is 3.74. The Morgan fingerprint density at radius 2 is 1.81 bits per heavy atom. The van der Waals surface area contributed by atoms with E-state index in [-0.39, 0.29) is 30.2 Å². The first-order valence-electron chi connectivity index (χ1n) is 11.1. The van der Waals surface area contributed by atoms with Crippen LogP contribution in [0.25, 0.3) is 0 Å². The molecule has 5 rings (SSSR count). The molecule has 2 aromatic carbocycles. The summed E-state index contributed by atoms with van der Waals surface area (Å²) in [5, 5.41) is 0. The summed E-state index contributed by atoms with van der Waals surface area (Å²) in [5.41, 5.74) is 1.66. The molecule has 2 atom stereocenters. The van der Waals surface area contributed by atoms with Crippen LogP contribution < -0.4 is 4.90 Å². The number of likely N-dealkylation sites (tertiary alicyclic amines) is 1. The molecular weight excluding hydrogens is 390 g/mol. The molecule has 0 N–H and O–H groups in total. The number of anilines is 1. The van der Waals surface area contributed by atoms with Crippen molar-refractivity contribution in [3.8, 4) is 0 Å². The third-order valence-corrected chi connectivity index (χ3v) is 7.05. The summed E-state index contributed by atoms with van der Waals surface area (Å²) >= 11 is 0. The normalized spacial score (nSPS) is 25.1. The zero-order valence-electron chi connectivity index (χ0n) is 17.8. The van der Waals surface area contributed by atoms with Crippen LogP contribution in [0.5, 0.6) is 0 Å². The van der Waals surface area contributed by atoms with Gasteiger partial charge in [0.2, 0.25) is 11.8 Å². The second-order valence-corrected chi connectivity index (χ2v) is 8.83.